The van der Waals surface area contributed by atoms with Gasteiger partial charge >= 0.3 is 0 Å². The average molecular weight is 300 g/mol. The summed E-state index contributed by atoms with van der Waals surface area (Å²) in [4.78, 5) is 3.20. The minimum Gasteiger partial charge on any atom is -0.457 e. The molecule has 0 radical (unpaired) electrons. The van der Waals surface area contributed by atoms with Crippen LogP contribution in [0.3, 0.4) is 0 Å². The maximum atomic E-state index is 5.82. The van der Waals surface area contributed by atoms with E-state index in [1.807, 2.05) is 60.8 Å². The van der Waals surface area contributed by atoms with E-state index in [4.69, 9.17) is 4.74 Å². The summed E-state index contributed by atoms with van der Waals surface area (Å²) < 4.78 is 7.90. The first-order valence-electron chi connectivity index (χ1n) is 7.54. The SMILES string of the molecule is c1ccc(Oc2ccc(-c3ccn(-c4ccc[nH]4)c3)cc2)cc1. The maximum Gasteiger partial charge on any atom is 0.127 e. The minimum absolute atomic E-state index is 0.837. The number of H-pyrrole nitrogens is 1. The van der Waals surface area contributed by atoms with Crippen molar-refractivity contribution in [1.29, 1.82) is 0 Å². The molecule has 4 rings (SSSR count). The smallest absolute Gasteiger partial charge is 0.127 e. The van der Waals surface area contributed by atoms with Crippen molar-refractivity contribution >= 4 is 0 Å². The maximum absolute atomic E-state index is 5.82. The first-order chi connectivity index (χ1) is 11.4. The Morgan fingerprint density at radius 3 is 2.22 bits per heavy atom. The number of hydrogen-bond donors (Lipinski definition) is 1. The fraction of sp³-hybridized carbons (Fsp3) is 0. The molecule has 2 heterocycles. The molecule has 1 N–H and O–H groups in total. The lowest BCUT2D eigenvalue weighted by Crippen LogP contribution is -1.88. The monoisotopic (exact) mass is 300 g/mol. The van der Waals surface area contributed by atoms with Crippen LogP contribution in [0.15, 0.2) is 91.4 Å². The standard InChI is InChI=1S/C20H16N2O/c1-2-5-18(6-3-1)23-19-10-8-16(9-11-19)17-12-14-22(15-17)20-7-4-13-21-20/h1-15,21H. The van der Waals surface area contributed by atoms with Crippen molar-refractivity contribution in [2.45, 2.75) is 0 Å². The van der Waals surface area contributed by atoms with Crippen molar-refractivity contribution in [3.8, 4) is 28.4 Å². The van der Waals surface area contributed by atoms with Crippen LogP contribution in [0.25, 0.3) is 16.9 Å². The highest BCUT2D eigenvalue weighted by molar-refractivity contribution is 5.64. The summed E-state index contributed by atoms with van der Waals surface area (Å²) in [6.45, 7) is 0. The molecule has 3 nitrogen and oxygen atoms in total. The molecule has 0 aliphatic heterocycles. The summed E-state index contributed by atoms with van der Waals surface area (Å²) in [5.41, 5.74) is 2.33. The van der Waals surface area contributed by atoms with Crippen molar-refractivity contribution < 1.29 is 4.74 Å². The third-order valence-electron chi connectivity index (χ3n) is 3.72. The van der Waals surface area contributed by atoms with Gasteiger partial charge in [-0.15, -0.1) is 0 Å². The number of hydrogen-bond acceptors (Lipinski definition) is 1. The number of aromatic nitrogens is 2. The van der Waals surface area contributed by atoms with Crippen molar-refractivity contribution in [2.75, 3.05) is 0 Å². The van der Waals surface area contributed by atoms with E-state index in [-0.39, 0.29) is 0 Å². The number of rotatable bonds is 4. The van der Waals surface area contributed by atoms with Crippen LogP contribution >= 0.6 is 0 Å². The molecule has 112 valence electrons. The molecular formula is C20H16N2O. The second-order valence-electron chi connectivity index (χ2n) is 5.30. The van der Waals surface area contributed by atoms with Crippen LogP contribution in [-0.2, 0) is 0 Å². The first kappa shape index (κ1) is 13.5. The summed E-state index contributed by atoms with van der Waals surface area (Å²) in [7, 11) is 0. The van der Waals surface area contributed by atoms with Gasteiger partial charge in [0.15, 0.2) is 0 Å². The van der Waals surface area contributed by atoms with Gasteiger partial charge in [0.25, 0.3) is 0 Å². The second-order valence-corrected chi connectivity index (χ2v) is 5.30. The quantitative estimate of drug-likeness (QED) is 0.547. The average Bonchev–Trinajstić information content (AvgIpc) is 3.28. The van der Waals surface area contributed by atoms with Gasteiger partial charge in [-0.25, -0.2) is 0 Å². The van der Waals surface area contributed by atoms with Gasteiger partial charge in [-0.2, -0.15) is 0 Å². The lowest BCUT2D eigenvalue weighted by molar-refractivity contribution is 0.483. The van der Waals surface area contributed by atoms with E-state index >= 15 is 0 Å². The summed E-state index contributed by atoms with van der Waals surface area (Å²) in [5.74, 6) is 2.74. The second kappa shape index (κ2) is 5.89. The Labute approximate surface area is 134 Å². The Morgan fingerprint density at radius 2 is 1.48 bits per heavy atom. The molecule has 3 heteroatoms. The van der Waals surface area contributed by atoms with Crippen molar-refractivity contribution in [2.24, 2.45) is 0 Å². The predicted octanol–water partition coefficient (Wildman–Crippen LogP) is 5.26. The zero-order valence-corrected chi connectivity index (χ0v) is 12.5. The lowest BCUT2D eigenvalue weighted by atomic mass is 10.1. The zero-order valence-electron chi connectivity index (χ0n) is 12.5. The Kier molecular flexibility index (Phi) is 3.45. The van der Waals surface area contributed by atoms with Gasteiger partial charge in [-0.3, -0.25) is 0 Å². The fourth-order valence-corrected chi connectivity index (χ4v) is 2.54. The van der Waals surface area contributed by atoms with Crippen LogP contribution in [0.2, 0.25) is 0 Å². The molecule has 0 fully saturated rings. The van der Waals surface area contributed by atoms with Crippen molar-refractivity contribution in [1.82, 2.24) is 9.55 Å². The van der Waals surface area contributed by atoms with Crippen LogP contribution in [0.5, 0.6) is 11.5 Å². The van der Waals surface area contributed by atoms with Crippen molar-refractivity contribution in [3.63, 3.8) is 0 Å². The molecule has 0 atom stereocenters. The van der Waals surface area contributed by atoms with Crippen LogP contribution < -0.4 is 4.74 Å². The molecule has 0 aliphatic carbocycles. The highest BCUT2D eigenvalue weighted by Crippen LogP contribution is 2.26. The van der Waals surface area contributed by atoms with Gasteiger partial charge in [-0.1, -0.05) is 30.3 Å². The third kappa shape index (κ3) is 2.90. The van der Waals surface area contributed by atoms with Gasteiger partial charge in [0.05, 0.1) is 0 Å². The molecule has 0 aliphatic rings. The molecule has 2 aromatic carbocycles. The Bertz CT molecular complexity index is 875. The van der Waals surface area contributed by atoms with Gasteiger partial charge in [0, 0.05) is 18.6 Å². The molecule has 0 saturated heterocycles. The molecule has 0 amide bonds. The topological polar surface area (TPSA) is 29.9 Å². The van der Waals surface area contributed by atoms with Gasteiger partial charge < -0.3 is 14.3 Å². The summed E-state index contributed by atoms with van der Waals surface area (Å²) in [5, 5.41) is 0. The van der Waals surface area contributed by atoms with E-state index in [1.165, 1.54) is 5.56 Å². The van der Waals surface area contributed by atoms with Crippen LogP contribution in [-0.4, -0.2) is 9.55 Å². The molecule has 0 spiro atoms. The molecular weight excluding hydrogens is 284 g/mol. The number of nitrogens with zero attached hydrogens (tertiary/aromatic N) is 1. The highest BCUT2D eigenvalue weighted by atomic mass is 16.5. The van der Waals surface area contributed by atoms with Crippen LogP contribution in [0.4, 0.5) is 0 Å². The number of nitrogens with one attached hydrogen (secondary N) is 1. The molecule has 0 saturated carbocycles. The number of aromatic amines is 1. The van der Waals surface area contributed by atoms with E-state index in [9.17, 15) is 0 Å². The van der Waals surface area contributed by atoms with E-state index in [0.29, 0.717) is 0 Å². The Balaban J connectivity index is 1.54. The van der Waals surface area contributed by atoms with E-state index in [2.05, 4.69) is 40.1 Å². The fourth-order valence-electron chi connectivity index (χ4n) is 2.54. The van der Waals surface area contributed by atoms with Gasteiger partial charge in [-0.05, 0) is 53.6 Å². The lowest BCUT2D eigenvalue weighted by Gasteiger charge is -2.06. The Hall–Kier alpha value is -3.20. The molecule has 4 aromatic rings. The molecule has 23 heavy (non-hydrogen) atoms. The highest BCUT2D eigenvalue weighted by Gasteiger charge is 2.03. The predicted molar refractivity (Wildman–Crippen MR) is 92.1 cm³/mol. The number of benzene rings is 2. The normalized spacial score (nSPS) is 10.6. The molecule has 2 aromatic heterocycles. The summed E-state index contributed by atoms with van der Waals surface area (Å²) in [6, 6.07) is 24.1. The molecule has 0 unspecified atom stereocenters. The number of para-hydroxylation sites is 1. The van der Waals surface area contributed by atoms with Gasteiger partial charge in [0.2, 0.25) is 0 Å². The third-order valence-corrected chi connectivity index (χ3v) is 3.72. The largest absolute Gasteiger partial charge is 0.457 e. The van der Waals surface area contributed by atoms with Crippen LogP contribution in [0.1, 0.15) is 0 Å². The first-order valence-corrected chi connectivity index (χ1v) is 7.54. The Morgan fingerprint density at radius 1 is 0.696 bits per heavy atom. The van der Waals surface area contributed by atoms with Gasteiger partial charge in [0.1, 0.15) is 17.3 Å². The number of ether oxygens (including phenoxy) is 1. The van der Waals surface area contributed by atoms with Crippen LogP contribution in [0, 0.1) is 0 Å². The molecule has 0 bridgehead atoms. The van der Waals surface area contributed by atoms with E-state index in [1.54, 1.807) is 0 Å². The van der Waals surface area contributed by atoms with Crippen molar-refractivity contribution in [3.05, 3.63) is 91.4 Å². The van der Waals surface area contributed by atoms with E-state index in [0.717, 1.165) is 22.9 Å². The zero-order chi connectivity index (χ0) is 15.5. The summed E-state index contributed by atoms with van der Waals surface area (Å²) in [6.07, 6.45) is 6.08. The summed E-state index contributed by atoms with van der Waals surface area (Å²) >= 11 is 0. The van der Waals surface area contributed by atoms with E-state index < -0.39 is 0 Å². The minimum atomic E-state index is 0.837.